The smallest absolute Gasteiger partial charge is 0.400 e. The molecule has 1 heterocycles. The standard InChI is InChI=1S/C18H16ClNO5.C3H9N/c1-3-22-17(21)11(2)23-13-5-7-14(8-6-13)24-18-20-15-9-4-12(19)10-16(15)25-18;1-3(2)4/h4-11H,3H2,1-2H3;3H,4H2,1-2H3. The lowest BCUT2D eigenvalue weighted by Crippen LogP contribution is -2.25. The van der Waals surface area contributed by atoms with E-state index in [9.17, 15) is 4.79 Å². The van der Waals surface area contributed by atoms with Crippen LogP contribution in [-0.2, 0) is 9.53 Å². The number of carbonyl (C=O) groups is 1. The van der Waals surface area contributed by atoms with Gasteiger partial charge in [0.05, 0.1) is 6.61 Å². The molecular weight excluding hydrogens is 396 g/mol. The van der Waals surface area contributed by atoms with E-state index in [0.717, 1.165) is 0 Å². The number of hydrogen-bond donors (Lipinski definition) is 1. The van der Waals surface area contributed by atoms with Crippen LogP contribution in [0, 0.1) is 0 Å². The average molecular weight is 421 g/mol. The third kappa shape index (κ3) is 7.29. The van der Waals surface area contributed by atoms with Crippen LogP contribution in [0.1, 0.15) is 27.7 Å². The molecule has 1 aromatic heterocycles. The molecule has 156 valence electrons. The number of benzene rings is 2. The van der Waals surface area contributed by atoms with E-state index in [1.54, 1.807) is 56.3 Å². The van der Waals surface area contributed by atoms with Crippen molar-refractivity contribution in [2.75, 3.05) is 6.61 Å². The second-order valence-corrected chi connectivity index (χ2v) is 6.86. The first-order valence-corrected chi connectivity index (χ1v) is 9.59. The van der Waals surface area contributed by atoms with Crippen LogP contribution in [0.15, 0.2) is 46.9 Å². The zero-order chi connectivity index (χ0) is 21.4. The normalized spacial score (nSPS) is 11.6. The van der Waals surface area contributed by atoms with Gasteiger partial charge in [0.25, 0.3) is 0 Å². The van der Waals surface area contributed by atoms with Crippen LogP contribution >= 0.6 is 11.6 Å². The van der Waals surface area contributed by atoms with Gasteiger partial charge in [-0.05, 0) is 56.3 Å². The van der Waals surface area contributed by atoms with Crippen LogP contribution in [0.2, 0.25) is 5.02 Å². The molecule has 0 spiro atoms. The molecule has 7 nitrogen and oxygen atoms in total. The van der Waals surface area contributed by atoms with E-state index in [0.29, 0.717) is 40.3 Å². The number of nitrogens with zero attached hydrogens (tertiary/aromatic N) is 1. The zero-order valence-electron chi connectivity index (χ0n) is 16.8. The summed E-state index contributed by atoms with van der Waals surface area (Å²) in [6, 6.07) is 12.2. The fraction of sp³-hybridized carbons (Fsp3) is 0.333. The molecule has 0 saturated carbocycles. The summed E-state index contributed by atoms with van der Waals surface area (Å²) in [5, 5.41) is 0.562. The molecule has 0 saturated heterocycles. The first-order valence-electron chi connectivity index (χ1n) is 9.21. The van der Waals surface area contributed by atoms with Crippen molar-refractivity contribution >= 4 is 28.7 Å². The van der Waals surface area contributed by atoms with E-state index >= 15 is 0 Å². The highest BCUT2D eigenvalue weighted by Gasteiger charge is 2.15. The second-order valence-electron chi connectivity index (χ2n) is 6.42. The summed E-state index contributed by atoms with van der Waals surface area (Å²) in [4.78, 5) is 15.8. The molecule has 0 aliphatic carbocycles. The molecule has 29 heavy (non-hydrogen) atoms. The van der Waals surface area contributed by atoms with Crippen molar-refractivity contribution in [1.29, 1.82) is 0 Å². The molecule has 0 amide bonds. The van der Waals surface area contributed by atoms with Crippen molar-refractivity contribution in [2.45, 2.75) is 39.8 Å². The van der Waals surface area contributed by atoms with Gasteiger partial charge in [0.2, 0.25) is 0 Å². The third-order valence-corrected chi connectivity index (χ3v) is 3.53. The molecule has 0 fully saturated rings. The Morgan fingerprint density at radius 3 is 2.38 bits per heavy atom. The highest BCUT2D eigenvalue weighted by atomic mass is 35.5. The Labute approximate surface area is 174 Å². The minimum absolute atomic E-state index is 0.117. The van der Waals surface area contributed by atoms with Crippen LogP contribution in [0.3, 0.4) is 0 Å². The summed E-state index contributed by atoms with van der Waals surface area (Å²) < 4.78 is 21.5. The Bertz CT molecular complexity index is 922. The van der Waals surface area contributed by atoms with Gasteiger partial charge in [-0.1, -0.05) is 25.4 Å². The van der Waals surface area contributed by atoms with Crippen molar-refractivity contribution in [2.24, 2.45) is 5.73 Å². The predicted molar refractivity (Wildman–Crippen MR) is 112 cm³/mol. The van der Waals surface area contributed by atoms with Gasteiger partial charge in [-0.15, -0.1) is 0 Å². The summed E-state index contributed by atoms with van der Waals surface area (Å²) in [7, 11) is 0. The van der Waals surface area contributed by atoms with Gasteiger partial charge in [-0.2, -0.15) is 4.98 Å². The summed E-state index contributed by atoms with van der Waals surface area (Å²) in [5.41, 5.74) is 6.31. The van der Waals surface area contributed by atoms with E-state index in [4.69, 9.17) is 36.0 Å². The minimum atomic E-state index is -0.687. The maximum Gasteiger partial charge on any atom is 0.400 e. The van der Waals surface area contributed by atoms with Crippen molar-refractivity contribution in [3.63, 3.8) is 0 Å². The van der Waals surface area contributed by atoms with Crippen molar-refractivity contribution in [3.05, 3.63) is 47.5 Å². The second kappa shape index (κ2) is 10.7. The summed E-state index contributed by atoms with van der Waals surface area (Å²) in [6.07, 6.45) is -0.570. The number of ether oxygens (including phenoxy) is 3. The van der Waals surface area contributed by atoms with Gasteiger partial charge in [0.15, 0.2) is 11.7 Å². The first kappa shape index (κ1) is 22.5. The molecule has 8 heteroatoms. The largest absolute Gasteiger partial charge is 0.479 e. The number of halogens is 1. The predicted octanol–water partition coefficient (Wildman–Crippen LogP) is 4.96. The monoisotopic (exact) mass is 420 g/mol. The molecular formula is C21H25ClN2O5. The van der Waals surface area contributed by atoms with Gasteiger partial charge in [-0.25, -0.2) is 4.79 Å². The van der Waals surface area contributed by atoms with E-state index in [1.165, 1.54) is 0 Å². The van der Waals surface area contributed by atoms with E-state index < -0.39 is 12.1 Å². The number of oxazole rings is 1. The average Bonchev–Trinajstić information content (AvgIpc) is 3.04. The van der Waals surface area contributed by atoms with Crippen molar-refractivity contribution in [3.8, 4) is 17.6 Å². The zero-order valence-corrected chi connectivity index (χ0v) is 17.6. The molecule has 2 N–H and O–H groups in total. The third-order valence-electron chi connectivity index (χ3n) is 3.29. The Balaban J connectivity index is 0.000000687. The van der Waals surface area contributed by atoms with Crippen molar-refractivity contribution in [1.82, 2.24) is 4.98 Å². The maximum atomic E-state index is 11.6. The molecule has 0 radical (unpaired) electrons. The van der Waals surface area contributed by atoms with E-state index in [-0.39, 0.29) is 6.08 Å². The number of nitrogens with two attached hydrogens (primary N) is 1. The van der Waals surface area contributed by atoms with Crippen LogP contribution in [0.4, 0.5) is 0 Å². The number of rotatable bonds is 6. The molecule has 1 unspecified atom stereocenters. The van der Waals surface area contributed by atoms with Gasteiger partial charge >= 0.3 is 12.0 Å². The number of fused-ring (bicyclic) bond motifs is 1. The lowest BCUT2D eigenvalue weighted by atomic mass is 10.3. The van der Waals surface area contributed by atoms with Crippen molar-refractivity contribution < 1.29 is 23.4 Å². The number of aromatic nitrogens is 1. The van der Waals surface area contributed by atoms with Gasteiger partial charge < -0.3 is 24.4 Å². The first-order chi connectivity index (χ1) is 13.8. The molecule has 0 bridgehead atoms. The Morgan fingerprint density at radius 2 is 1.76 bits per heavy atom. The van der Waals surface area contributed by atoms with E-state index in [2.05, 4.69) is 4.98 Å². The van der Waals surface area contributed by atoms with E-state index in [1.807, 2.05) is 13.8 Å². The highest BCUT2D eigenvalue weighted by molar-refractivity contribution is 6.31. The number of carbonyl (C=O) groups excluding carboxylic acids is 1. The Hall–Kier alpha value is -2.77. The van der Waals surface area contributed by atoms with Crippen LogP contribution in [-0.4, -0.2) is 29.7 Å². The van der Waals surface area contributed by atoms with Crippen LogP contribution < -0.4 is 15.2 Å². The molecule has 2 aromatic carbocycles. The molecule has 3 aromatic rings. The SMILES string of the molecule is CC(C)N.CCOC(=O)C(C)Oc1ccc(Oc2nc3ccc(Cl)cc3o2)cc1. The molecule has 0 aliphatic rings. The summed E-state index contributed by atoms with van der Waals surface area (Å²) in [6.45, 7) is 7.58. The molecule has 0 aliphatic heterocycles. The molecule has 3 rings (SSSR count). The lowest BCUT2D eigenvalue weighted by Gasteiger charge is -2.13. The Morgan fingerprint density at radius 1 is 1.14 bits per heavy atom. The summed E-state index contributed by atoms with van der Waals surface area (Å²) >= 11 is 5.91. The number of esters is 1. The fourth-order valence-corrected chi connectivity index (χ4v) is 2.28. The summed E-state index contributed by atoms with van der Waals surface area (Å²) in [5.74, 6) is 0.638. The minimum Gasteiger partial charge on any atom is -0.479 e. The van der Waals surface area contributed by atoms with Gasteiger partial charge in [0, 0.05) is 11.1 Å². The topological polar surface area (TPSA) is 96.8 Å². The van der Waals surface area contributed by atoms with Gasteiger partial charge in [-0.3, -0.25) is 0 Å². The Kier molecular flexibility index (Phi) is 8.30. The lowest BCUT2D eigenvalue weighted by molar-refractivity contribution is -0.150. The van der Waals surface area contributed by atoms with Crippen LogP contribution in [0.25, 0.3) is 11.1 Å². The maximum absolute atomic E-state index is 11.6. The van der Waals surface area contributed by atoms with Gasteiger partial charge in [0.1, 0.15) is 17.0 Å². The fourth-order valence-electron chi connectivity index (χ4n) is 2.12. The quantitative estimate of drug-likeness (QED) is 0.563. The number of hydrogen-bond acceptors (Lipinski definition) is 7. The van der Waals surface area contributed by atoms with Crippen LogP contribution in [0.5, 0.6) is 17.6 Å². The highest BCUT2D eigenvalue weighted by Crippen LogP contribution is 2.28. The molecule has 1 atom stereocenters.